The molecule has 0 unspecified atom stereocenters. The van der Waals surface area contributed by atoms with Crippen molar-refractivity contribution in [1.29, 1.82) is 0 Å². The number of amides is 1. The van der Waals surface area contributed by atoms with Crippen LogP contribution in [0.2, 0.25) is 5.02 Å². The highest BCUT2D eigenvalue weighted by Gasteiger charge is 2.14. The van der Waals surface area contributed by atoms with E-state index in [0.717, 1.165) is 24.5 Å². The smallest absolute Gasteiger partial charge is 0.274 e. The zero-order valence-corrected chi connectivity index (χ0v) is 14.6. The SMILES string of the molecule is CCN(CC)c1cc(C(=O)Nc2cc(Cl)ccc2C)nc(C)n1. The van der Waals surface area contributed by atoms with Crippen LogP contribution in [-0.4, -0.2) is 29.0 Å². The monoisotopic (exact) mass is 332 g/mol. The average molecular weight is 333 g/mol. The van der Waals surface area contributed by atoms with Gasteiger partial charge in [0.2, 0.25) is 0 Å². The van der Waals surface area contributed by atoms with Gasteiger partial charge >= 0.3 is 0 Å². The molecule has 1 aromatic carbocycles. The van der Waals surface area contributed by atoms with E-state index in [2.05, 4.69) is 34.0 Å². The Morgan fingerprint density at radius 3 is 2.52 bits per heavy atom. The van der Waals surface area contributed by atoms with Crippen LogP contribution < -0.4 is 10.2 Å². The largest absolute Gasteiger partial charge is 0.357 e. The summed E-state index contributed by atoms with van der Waals surface area (Å²) in [6.07, 6.45) is 0. The Balaban J connectivity index is 2.30. The second kappa shape index (κ2) is 7.42. The van der Waals surface area contributed by atoms with Crippen LogP contribution >= 0.6 is 11.6 Å². The number of hydrogen-bond donors (Lipinski definition) is 1. The molecule has 0 aliphatic carbocycles. The lowest BCUT2D eigenvalue weighted by Crippen LogP contribution is -2.25. The van der Waals surface area contributed by atoms with Crippen LogP contribution in [0.25, 0.3) is 0 Å². The summed E-state index contributed by atoms with van der Waals surface area (Å²) in [5.41, 5.74) is 1.97. The first-order valence-electron chi connectivity index (χ1n) is 7.62. The number of carbonyl (C=O) groups is 1. The van der Waals surface area contributed by atoms with Gasteiger partial charge in [-0.3, -0.25) is 4.79 Å². The Morgan fingerprint density at radius 1 is 1.17 bits per heavy atom. The van der Waals surface area contributed by atoms with Gasteiger partial charge in [0, 0.05) is 29.9 Å². The van der Waals surface area contributed by atoms with Crippen LogP contribution in [0.4, 0.5) is 11.5 Å². The third-order valence-corrected chi connectivity index (χ3v) is 3.83. The molecule has 5 nitrogen and oxygen atoms in total. The van der Waals surface area contributed by atoms with Crippen molar-refractivity contribution in [2.24, 2.45) is 0 Å². The zero-order chi connectivity index (χ0) is 17.0. The van der Waals surface area contributed by atoms with Gasteiger partial charge in [-0.1, -0.05) is 17.7 Å². The fourth-order valence-corrected chi connectivity index (χ4v) is 2.47. The van der Waals surface area contributed by atoms with E-state index < -0.39 is 0 Å². The Bertz CT molecular complexity index is 714. The molecule has 2 rings (SSSR count). The number of aromatic nitrogens is 2. The van der Waals surface area contributed by atoms with Crippen LogP contribution in [0.1, 0.15) is 35.7 Å². The van der Waals surface area contributed by atoms with Crippen LogP contribution in [0.15, 0.2) is 24.3 Å². The van der Waals surface area contributed by atoms with Gasteiger partial charge in [0.15, 0.2) is 0 Å². The van der Waals surface area contributed by atoms with Crippen molar-refractivity contribution in [2.45, 2.75) is 27.7 Å². The average Bonchev–Trinajstić information content (AvgIpc) is 2.51. The molecule has 122 valence electrons. The Hall–Kier alpha value is -2.14. The van der Waals surface area contributed by atoms with Crippen LogP contribution in [0, 0.1) is 13.8 Å². The fraction of sp³-hybridized carbons (Fsp3) is 0.353. The fourth-order valence-electron chi connectivity index (χ4n) is 2.29. The normalized spacial score (nSPS) is 10.5. The van der Waals surface area contributed by atoms with Crippen molar-refractivity contribution in [2.75, 3.05) is 23.3 Å². The van der Waals surface area contributed by atoms with Gasteiger partial charge in [-0.05, 0) is 45.4 Å². The molecule has 0 radical (unpaired) electrons. The molecule has 0 atom stereocenters. The lowest BCUT2D eigenvalue weighted by molar-refractivity contribution is 0.102. The number of anilines is 2. The molecule has 0 fully saturated rings. The van der Waals surface area contributed by atoms with Crippen molar-refractivity contribution in [3.8, 4) is 0 Å². The Labute approximate surface area is 141 Å². The molecule has 0 aliphatic heterocycles. The molecule has 1 amide bonds. The number of nitrogens with zero attached hydrogens (tertiary/aromatic N) is 3. The van der Waals surface area contributed by atoms with Crippen molar-refractivity contribution in [3.05, 3.63) is 46.4 Å². The lowest BCUT2D eigenvalue weighted by Gasteiger charge is -2.20. The number of carbonyl (C=O) groups excluding carboxylic acids is 1. The molecule has 0 aliphatic rings. The van der Waals surface area contributed by atoms with E-state index >= 15 is 0 Å². The molecule has 0 bridgehead atoms. The maximum absolute atomic E-state index is 12.5. The third-order valence-electron chi connectivity index (χ3n) is 3.59. The summed E-state index contributed by atoms with van der Waals surface area (Å²) in [4.78, 5) is 23.3. The molecule has 2 aromatic rings. The van der Waals surface area contributed by atoms with Gasteiger partial charge in [-0.15, -0.1) is 0 Å². The molecule has 1 aromatic heterocycles. The van der Waals surface area contributed by atoms with Gasteiger partial charge in [0.05, 0.1) is 0 Å². The van der Waals surface area contributed by atoms with Crippen LogP contribution in [-0.2, 0) is 0 Å². The molecule has 6 heteroatoms. The predicted molar refractivity (Wildman–Crippen MR) is 94.5 cm³/mol. The summed E-state index contributed by atoms with van der Waals surface area (Å²) in [6, 6.07) is 7.10. The standard InChI is InChI=1S/C17H21ClN4O/c1-5-22(6-2)16-10-15(19-12(4)20-16)17(23)21-14-9-13(18)8-7-11(14)3/h7-10H,5-6H2,1-4H3,(H,21,23). The maximum atomic E-state index is 12.5. The highest BCUT2D eigenvalue weighted by atomic mass is 35.5. The first kappa shape index (κ1) is 17.2. The Morgan fingerprint density at radius 2 is 1.87 bits per heavy atom. The number of hydrogen-bond acceptors (Lipinski definition) is 4. The quantitative estimate of drug-likeness (QED) is 0.903. The van der Waals surface area contributed by atoms with E-state index in [1.165, 1.54) is 0 Å². The zero-order valence-electron chi connectivity index (χ0n) is 13.9. The minimum Gasteiger partial charge on any atom is -0.357 e. The van der Waals surface area contributed by atoms with E-state index in [9.17, 15) is 4.79 Å². The number of aryl methyl sites for hydroxylation is 2. The summed E-state index contributed by atoms with van der Waals surface area (Å²) in [6.45, 7) is 9.45. The summed E-state index contributed by atoms with van der Waals surface area (Å²) in [5, 5.41) is 3.44. The van der Waals surface area contributed by atoms with Gasteiger partial charge in [0.1, 0.15) is 17.3 Å². The minimum atomic E-state index is -0.269. The number of benzene rings is 1. The second-order valence-electron chi connectivity index (χ2n) is 5.24. The molecule has 1 N–H and O–H groups in total. The minimum absolute atomic E-state index is 0.269. The summed E-state index contributed by atoms with van der Waals surface area (Å²) in [5.74, 6) is 1.06. The molecule has 0 spiro atoms. The lowest BCUT2D eigenvalue weighted by atomic mass is 10.2. The van der Waals surface area contributed by atoms with E-state index in [1.54, 1.807) is 25.1 Å². The van der Waals surface area contributed by atoms with Gasteiger partial charge in [0.25, 0.3) is 5.91 Å². The van der Waals surface area contributed by atoms with Crippen molar-refractivity contribution in [1.82, 2.24) is 9.97 Å². The molecular formula is C17H21ClN4O. The van der Waals surface area contributed by atoms with Gasteiger partial charge in [-0.25, -0.2) is 9.97 Å². The van der Waals surface area contributed by atoms with Gasteiger partial charge < -0.3 is 10.2 Å². The number of nitrogens with one attached hydrogen (secondary N) is 1. The molecule has 0 saturated carbocycles. The number of rotatable bonds is 5. The topological polar surface area (TPSA) is 58.1 Å². The molecule has 0 saturated heterocycles. The van der Waals surface area contributed by atoms with Crippen molar-refractivity contribution >= 4 is 29.0 Å². The van der Waals surface area contributed by atoms with E-state index in [0.29, 0.717) is 22.2 Å². The molecule has 23 heavy (non-hydrogen) atoms. The highest BCUT2D eigenvalue weighted by molar-refractivity contribution is 6.31. The summed E-state index contributed by atoms with van der Waals surface area (Å²) in [7, 11) is 0. The van der Waals surface area contributed by atoms with E-state index in [4.69, 9.17) is 11.6 Å². The van der Waals surface area contributed by atoms with Crippen LogP contribution in [0.5, 0.6) is 0 Å². The van der Waals surface area contributed by atoms with Gasteiger partial charge in [-0.2, -0.15) is 0 Å². The highest BCUT2D eigenvalue weighted by Crippen LogP contribution is 2.21. The second-order valence-corrected chi connectivity index (χ2v) is 5.68. The number of halogens is 1. The van der Waals surface area contributed by atoms with E-state index in [1.807, 2.05) is 13.0 Å². The first-order valence-corrected chi connectivity index (χ1v) is 8.00. The van der Waals surface area contributed by atoms with Crippen molar-refractivity contribution < 1.29 is 4.79 Å². The molecule has 1 heterocycles. The van der Waals surface area contributed by atoms with Crippen LogP contribution in [0.3, 0.4) is 0 Å². The predicted octanol–water partition coefficient (Wildman–Crippen LogP) is 3.85. The Kier molecular flexibility index (Phi) is 5.55. The molecular weight excluding hydrogens is 312 g/mol. The van der Waals surface area contributed by atoms with Crippen molar-refractivity contribution in [3.63, 3.8) is 0 Å². The third kappa shape index (κ3) is 4.20. The summed E-state index contributed by atoms with van der Waals surface area (Å²) < 4.78 is 0. The summed E-state index contributed by atoms with van der Waals surface area (Å²) >= 11 is 5.99. The van der Waals surface area contributed by atoms with E-state index in [-0.39, 0.29) is 5.91 Å². The maximum Gasteiger partial charge on any atom is 0.274 e. The first-order chi connectivity index (χ1) is 10.9.